The van der Waals surface area contributed by atoms with Crippen molar-refractivity contribution >= 4 is 28.9 Å². The molecule has 0 unspecified atom stereocenters. The predicted molar refractivity (Wildman–Crippen MR) is 80.0 cm³/mol. The Kier molecular flexibility index (Phi) is 4.69. The van der Waals surface area contributed by atoms with Crippen LogP contribution in [-0.2, 0) is 12.7 Å². The van der Waals surface area contributed by atoms with Gasteiger partial charge in [-0.05, 0) is 42.3 Å². The summed E-state index contributed by atoms with van der Waals surface area (Å²) in [7, 11) is 0. The summed E-state index contributed by atoms with van der Waals surface area (Å²) in [5.41, 5.74) is 1.54. The highest BCUT2D eigenvalue weighted by molar-refractivity contribution is 6.33. The first kappa shape index (κ1) is 16.0. The maximum absolute atomic E-state index is 12.5. The Morgan fingerprint density at radius 1 is 1.00 bits per heavy atom. The molecule has 0 amide bonds. The van der Waals surface area contributed by atoms with Gasteiger partial charge in [-0.2, -0.15) is 13.2 Å². The number of hydrogen-bond donors (Lipinski definition) is 1. The highest BCUT2D eigenvalue weighted by atomic mass is 35.5. The van der Waals surface area contributed by atoms with Gasteiger partial charge < -0.3 is 5.32 Å². The van der Waals surface area contributed by atoms with E-state index >= 15 is 0 Å². The van der Waals surface area contributed by atoms with Crippen LogP contribution in [0.1, 0.15) is 16.7 Å². The summed E-state index contributed by atoms with van der Waals surface area (Å²) in [5, 5.41) is 3.61. The van der Waals surface area contributed by atoms with Crippen LogP contribution >= 0.6 is 23.2 Å². The van der Waals surface area contributed by atoms with Crippen molar-refractivity contribution in [1.82, 2.24) is 0 Å². The first-order chi connectivity index (χ1) is 9.77. The summed E-state index contributed by atoms with van der Waals surface area (Å²) >= 11 is 12.0. The SMILES string of the molecule is Cc1ccc(CNc2ccc(C(F)(F)F)cc2Cl)c(Cl)c1. The molecule has 0 radical (unpaired) electrons. The fourth-order valence-corrected chi connectivity index (χ4v) is 2.37. The molecule has 21 heavy (non-hydrogen) atoms. The van der Waals surface area contributed by atoms with Gasteiger partial charge >= 0.3 is 6.18 Å². The third kappa shape index (κ3) is 4.05. The lowest BCUT2D eigenvalue weighted by molar-refractivity contribution is -0.137. The average Bonchev–Trinajstić information content (AvgIpc) is 2.38. The zero-order chi connectivity index (χ0) is 15.6. The van der Waals surface area contributed by atoms with Crippen molar-refractivity contribution in [2.75, 3.05) is 5.32 Å². The first-order valence-electron chi connectivity index (χ1n) is 6.13. The van der Waals surface area contributed by atoms with Crippen LogP contribution in [0.4, 0.5) is 18.9 Å². The van der Waals surface area contributed by atoms with Crippen molar-refractivity contribution < 1.29 is 13.2 Å². The Labute approximate surface area is 130 Å². The van der Waals surface area contributed by atoms with Gasteiger partial charge in [-0.25, -0.2) is 0 Å². The number of rotatable bonds is 3. The van der Waals surface area contributed by atoms with Crippen LogP contribution in [0.25, 0.3) is 0 Å². The van der Waals surface area contributed by atoms with Crippen LogP contribution in [0, 0.1) is 6.92 Å². The van der Waals surface area contributed by atoms with Crippen LogP contribution in [0.2, 0.25) is 10.0 Å². The lowest BCUT2D eigenvalue weighted by Gasteiger charge is -2.12. The van der Waals surface area contributed by atoms with Crippen LogP contribution < -0.4 is 5.32 Å². The fourth-order valence-electron chi connectivity index (χ4n) is 1.82. The van der Waals surface area contributed by atoms with E-state index in [1.165, 1.54) is 6.07 Å². The Morgan fingerprint density at radius 3 is 2.29 bits per heavy atom. The zero-order valence-electron chi connectivity index (χ0n) is 11.1. The third-order valence-electron chi connectivity index (χ3n) is 2.97. The molecule has 0 bridgehead atoms. The monoisotopic (exact) mass is 333 g/mol. The quantitative estimate of drug-likeness (QED) is 0.733. The van der Waals surface area contributed by atoms with Gasteiger partial charge in [0.05, 0.1) is 16.3 Å². The molecule has 0 heterocycles. The van der Waals surface area contributed by atoms with Gasteiger partial charge in [-0.15, -0.1) is 0 Å². The van der Waals surface area contributed by atoms with Crippen molar-refractivity contribution in [2.45, 2.75) is 19.6 Å². The lowest BCUT2D eigenvalue weighted by Crippen LogP contribution is -2.06. The number of nitrogens with one attached hydrogen (secondary N) is 1. The molecule has 2 rings (SSSR count). The number of hydrogen-bond acceptors (Lipinski definition) is 1. The molecular formula is C15H12Cl2F3N. The number of aryl methyl sites for hydroxylation is 1. The van der Waals surface area contributed by atoms with E-state index in [-0.39, 0.29) is 5.02 Å². The van der Waals surface area contributed by atoms with Crippen molar-refractivity contribution in [2.24, 2.45) is 0 Å². The lowest BCUT2D eigenvalue weighted by atomic mass is 10.1. The van der Waals surface area contributed by atoms with Crippen molar-refractivity contribution in [1.29, 1.82) is 0 Å². The summed E-state index contributed by atoms with van der Waals surface area (Å²) in [5.74, 6) is 0. The van der Waals surface area contributed by atoms with Gasteiger partial charge in [0.2, 0.25) is 0 Å². The van der Waals surface area contributed by atoms with Crippen LogP contribution in [0.3, 0.4) is 0 Å². The fraction of sp³-hybridized carbons (Fsp3) is 0.200. The first-order valence-corrected chi connectivity index (χ1v) is 6.88. The highest BCUT2D eigenvalue weighted by Gasteiger charge is 2.30. The molecule has 0 aliphatic heterocycles. The van der Waals surface area contributed by atoms with Crippen molar-refractivity contribution in [3.05, 3.63) is 63.1 Å². The van der Waals surface area contributed by atoms with E-state index < -0.39 is 11.7 Å². The molecule has 0 aliphatic carbocycles. The highest BCUT2D eigenvalue weighted by Crippen LogP contribution is 2.34. The zero-order valence-corrected chi connectivity index (χ0v) is 12.6. The normalized spacial score (nSPS) is 11.5. The van der Waals surface area contributed by atoms with E-state index in [2.05, 4.69) is 5.32 Å². The minimum absolute atomic E-state index is 0.0214. The second-order valence-corrected chi connectivity index (χ2v) is 5.46. The van der Waals surface area contributed by atoms with Crippen LogP contribution in [-0.4, -0.2) is 0 Å². The van der Waals surface area contributed by atoms with E-state index in [1.807, 2.05) is 25.1 Å². The maximum atomic E-state index is 12.5. The van der Waals surface area contributed by atoms with E-state index in [9.17, 15) is 13.2 Å². The molecule has 1 N–H and O–H groups in total. The third-order valence-corrected chi connectivity index (χ3v) is 3.64. The predicted octanol–water partition coefficient (Wildman–Crippen LogP) is 5.93. The molecule has 2 aromatic carbocycles. The molecule has 112 valence electrons. The van der Waals surface area contributed by atoms with Crippen molar-refractivity contribution in [3.63, 3.8) is 0 Å². The molecule has 0 fully saturated rings. The molecule has 0 saturated carbocycles. The molecule has 0 aliphatic rings. The molecule has 0 spiro atoms. The second-order valence-electron chi connectivity index (χ2n) is 4.64. The van der Waals surface area contributed by atoms with E-state index in [0.29, 0.717) is 17.3 Å². The van der Waals surface area contributed by atoms with Gasteiger partial charge in [0.1, 0.15) is 0 Å². The molecule has 0 atom stereocenters. The second kappa shape index (κ2) is 6.16. The van der Waals surface area contributed by atoms with Crippen molar-refractivity contribution in [3.8, 4) is 0 Å². The Hall–Kier alpha value is -1.39. The number of alkyl halides is 3. The Bertz CT molecular complexity index is 654. The molecule has 1 nitrogen and oxygen atoms in total. The summed E-state index contributed by atoms with van der Waals surface area (Å²) in [4.78, 5) is 0. The summed E-state index contributed by atoms with van der Waals surface area (Å²) in [6, 6.07) is 8.81. The summed E-state index contributed by atoms with van der Waals surface area (Å²) in [6.45, 7) is 2.31. The van der Waals surface area contributed by atoms with Gasteiger partial charge in [0.15, 0.2) is 0 Å². The summed E-state index contributed by atoms with van der Waals surface area (Å²) < 4.78 is 37.6. The van der Waals surface area contributed by atoms with E-state index in [0.717, 1.165) is 23.3 Å². The van der Waals surface area contributed by atoms with Crippen LogP contribution in [0.15, 0.2) is 36.4 Å². The average molecular weight is 334 g/mol. The standard InChI is InChI=1S/C15H12Cl2F3N/c1-9-2-3-10(12(16)6-9)8-21-14-5-4-11(7-13(14)17)15(18,19)20/h2-7,21H,8H2,1H3. The Morgan fingerprint density at radius 2 is 1.71 bits per heavy atom. The molecule has 0 aromatic heterocycles. The molecule has 0 saturated heterocycles. The number of halogens is 5. The number of benzene rings is 2. The van der Waals surface area contributed by atoms with E-state index in [4.69, 9.17) is 23.2 Å². The van der Waals surface area contributed by atoms with Gasteiger partial charge in [-0.3, -0.25) is 0 Å². The molecule has 2 aromatic rings. The molecular weight excluding hydrogens is 322 g/mol. The number of anilines is 1. The Balaban J connectivity index is 2.13. The van der Waals surface area contributed by atoms with Crippen LogP contribution in [0.5, 0.6) is 0 Å². The smallest absolute Gasteiger partial charge is 0.380 e. The van der Waals surface area contributed by atoms with Gasteiger partial charge in [0, 0.05) is 11.6 Å². The summed E-state index contributed by atoms with van der Waals surface area (Å²) in [6.07, 6.45) is -4.40. The maximum Gasteiger partial charge on any atom is 0.416 e. The van der Waals surface area contributed by atoms with Gasteiger partial charge in [-0.1, -0.05) is 35.3 Å². The van der Waals surface area contributed by atoms with Gasteiger partial charge in [0.25, 0.3) is 0 Å². The van der Waals surface area contributed by atoms with E-state index in [1.54, 1.807) is 0 Å². The molecule has 6 heteroatoms. The minimum atomic E-state index is -4.40. The largest absolute Gasteiger partial charge is 0.416 e. The minimum Gasteiger partial charge on any atom is -0.380 e. The topological polar surface area (TPSA) is 12.0 Å².